The second-order valence-corrected chi connectivity index (χ2v) is 5.45. The Labute approximate surface area is 124 Å². The van der Waals surface area contributed by atoms with Crippen molar-refractivity contribution in [2.75, 3.05) is 0 Å². The van der Waals surface area contributed by atoms with Crippen LogP contribution in [0.3, 0.4) is 0 Å². The zero-order valence-corrected chi connectivity index (χ0v) is 12.8. The standard InChI is InChI=1S/C15H19N3OS/c1-10(2)18-7-6-13(17-18)9-19-14-8-12(15(16)20)5-4-11(14)3/h4-8,10H,9H2,1-3H3,(H2,16,20). The second kappa shape index (κ2) is 6.05. The summed E-state index contributed by atoms with van der Waals surface area (Å²) in [6.07, 6.45) is 1.96. The number of thiocarbonyl (C=S) groups is 1. The molecule has 2 N–H and O–H groups in total. The number of nitrogens with two attached hydrogens (primary N) is 1. The van der Waals surface area contributed by atoms with E-state index in [4.69, 9.17) is 22.7 Å². The van der Waals surface area contributed by atoms with Crippen molar-refractivity contribution >= 4 is 17.2 Å². The lowest BCUT2D eigenvalue weighted by Gasteiger charge is -2.10. The highest BCUT2D eigenvalue weighted by atomic mass is 32.1. The lowest BCUT2D eigenvalue weighted by molar-refractivity contribution is 0.296. The molecule has 0 amide bonds. The summed E-state index contributed by atoms with van der Waals surface area (Å²) >= 11 is 4.98. The highest BCUT2D eigenvalue weighted by Gasteiger charge is 2.06. The molecule has 0 saturated carbocycles. The lowest BCUT2D eigenvalue weighted by atomic mass is 10.1. The van der Waals surface area contributed by atoms with Crippen molar-refractivity contribution < 1.29 is 4.74 Å². The SMILES string of the molecule is Cc1ccc(C(N)=S)cc1OCc1ccn(C(C)C)n1. The fourth-order valence-corrected chi connectivity index (χ4v) is 1.93. The smallest absolute Gasteiger partial charge is 0.132 e. The van der Waals surface area contributed by atoms with Gasteiger partial charge in [-0.3, -0.25) is 4.68 Å². The fraction of sp³-hybridized carbons (Fsp3) is 0.333. The Bertz CT molecular complexity index is 619. The number of benzene rings is 1. The zero-order chi connectivity index (χ0) is 14.7. The molecule has 0 radical (unpaired) electrons. The van der Waals surface area contributed by atoms with E-state index in [-0.39, 0.29) is 0 Å². The molecule has 20 heavy (non-hydrogen) atoms. The molecule has 1 heterocycles. The number of rotatable bonds is 5. The van der Waals surface area contributed by atoms with Gasteiger partial charge < -0.3 is 10.5 Å². The molecule has 0 aliphatic heterocycles. The summed E-state index contributed by atoms with van der Waals surface area (Å²) < 4.78 is 7.73. The molecule has 0 fully saturated rings. The molecule has 5 heteroatoms. The van der Waals surface area contributed by atoms with Gasteiger partial charge in [-0.1, -0.05) is 24.4 Å². The van der Waals surface area contributed by atoms with E-state index >= 15 is 0 Å². The van der Waals surface area contributed by atoms with Crippen LogP contribution in [0.5, 0.6) is 5.75 Å². The third kappa shape index (κ3) is 3.36. The summed E-state index contributed by atoms with van der Waals surface area (Å²) in [5.74, 6) is 0.786. The molecular weight excluding hydrogens is 270 g/mol. The van der Waals surface area contributed by atoms with Crippen LogP contribution in [0.15, 0.2) is 30.5 Å². The molecule has 0 bridgehead atoms. The van der Waals surface area contributed by atoms with Crippen molar-refractivity contribution in [1.29, 1.82) is 0 Å². The van der Waals surface area contributed by atoms with Crippen LogP contribution in [0.4, 0.5) is 0 Å². The molecule has 0 spiro atoms. The molecule has 1 aromatic carbocycles. The second-order valence-electron chi connectivity index (χ2n) is 5.01. The fourth-order valence-electron chi connectivity index (χ4n) is 1.80. The largest absolute Gasteiger partial charge is 0.487 e. The maximum absolute atomic E-state index is 5.82. The quantitative estimate of drug-likeness (QED) is 0.860. The van der Waals surface area contributed by atoms with E-state index in [0.717, 1.165) is 22.6 Å². The van der Waals surface area contributed by atoms with Crippen molar-refractivity contribution in [3.05, 3.63) is 47.3 Å². The van der Waals surface area contributed by atoms with Crippen molar-refractivity contribution in [3.8, 4) is 5.75 Å². The molecule has 0 aliphatic carbocycles. The van der Waals surface area contributed by atoms with E-state index in [9.17, 15) is 0 Å². The topological polar surface area (TPSA) is 53.1 Å². The molecule has 0 unspecified atom stereocenters. The maximum atomic E-state index is 5.82. The third-order valence-corrected chi connectivity index (χ3v) is 3.28. The number of aromatic nitrogens is 2. The monoisotopic (exact) mass is 289 g/mol. The van der Waals surface area contributed by atoms with Crippen LogP contribution < -0.4 is 10.5 Å². The van der Waals surface area contributed by atoms with Gasteiger partial charge in [0.15, 0.2) is 0 Å². The van der Waals surface area contributed by atoms with E-state index < -0.39 is 0 Å². The first-order valence-corrected chi connectivity index (χ1v) is 6.95. The van der Waals surface area contributed by atoms with E-state index in [1.54, 1.807) is 0 Å². The number of hydrogen-bond acceptors (Lipinski definition) is 3. The highest BCUT2D eigenvalue weighted by Crippen LogP contribution is 2.20. The summed E-state index contributed by atoms with van der Waals surface area (Å²) in [5.41, 5.74) is 8.40. The Morgan fingerprint density at radius 1 is 1.40 bits per heavy atom. The molecule has 0 aliphatic rings. The van der Waals surface area contributed by atoms with Gasteiger partial charge in [-0.15, -0.1) is 0 Å². The summed E-state index contributed by atoms with van der Waals surface area (Å²) in [7, 11) is 0. The minimum absolute atomic E-state index is 0.350. The first-order chi connectivity index (χ1) is 9.47. The molecule has 4 nitrogen and oxygen atoms in total. The Balaban J connectivity index is 2.09. The summed E-state index contributed by atoms with van der Waals surface area (Å²) in [5, 5.41) is 4.45. The first-order valence-electron chi connectivity index (χ1n) is 6.54. The van der Waals surface area contributed by atoms with Gasteiger partial charge in [0.2, 0.25) is 0 Å². The average Bonchev–Trinajstić information content (AvgIpc) is 2.86. The molecule has 0 atom stereocenters. The van der Waals surface area contributed by atoms with Crippen LogP contribution >= 0.6 is 12.2 Å². The van der Waals surface area contributed by atoms with E-state index in [2.05, 4.69) is 18.9 Å². The lowest BCUT2D eigenvalue weighted by Crippen LogP contribution is -2.10. The third-order valence-electron chi connectivity index (χ3n) is 3.04. The van der Waals surface area contributed by atoms with Gasteiger partial charge in [-0.2, -0.15) is 5.10 Å². The van der Waals surface area contributed by atoms with Crippen molar-refractivity contribution in [2.24, 2.45) is 5.73 Å². The number of hydrogen-bond donors (Lipinski definition) is 1. The van der Waals surface area contributed by atoms with Crippen molar-refractivity contribution in [2.45, 2.75) is 33.4 Å². The van der Waals surface area contributed by atoms with Gasteiger partial charge in [0.25, 0.3) is 0 Å². The molecular formula is C15H19N3OS. The van der Waals surface area contributed by atoms with Crippen LogP contribution in [0.1, 0.15) is 36.7 Å². The Morgan fingerprint density at radius 2 is 2.15 bits per heavy atom. The predicted molar refractivity (Wildman–Crippen MR) is 84.0 cm³/mol. The van der Waals surface area contributed by atoms with Crippen LogP contribution in [-0.2, 0) is 6.61 Å². The van der Waals surface area contributed by atoms with Crippen LogP contribution in [-0.4, -0.2) is 14.8 Å². The van der Waals surface area contributed by atoms with Gasteiger partial charge in [-0.25, -0.2) is 0 Å². The van der Waals surface area contributed by atoms with Gasteiger partial charge in [0.05, 0.1) is 5.69 Å². The zero-order valence-electron chi connectivity index (χ0n) is 12.0. The Kier molecular flexibility index (Phi) is 4.39. The van der Waals surface area contributed by atoms with Gasteiger partial charge in [0.1, 0.15) is 17.3 Å². The van der Waals surface area contributed by atoms with Gasteiger partial charge >= 0.3 is 0 Å². The average molecular weight is 289 g/mol. The van der Waals surface area contributed by atoms with E-state index in [0.29, 0.717) is 17.6 Å². The van der Waals surface area contributed by atoms with Crippen LogP contribution in [0, 0.1) is 6.92 Å². The van der Waals surface area contributed by atoms with Crippen LogP contribution in [0.25, 0.3) is 0 Å². The minimum Gasteiger partial charge on any atom is -0.487 e. The van der Waals surface area contributed by atoms with E-state index in [1.807, 2.05) is 42.1 Å². The minimum atomic E-state index is 0.350. The molecule has 106 valence electrons. The first kappa shape index (κ1) is 14.5. The molecule has 2 aromatic rings. The van der Waals surface area contributed by atoms with Crippen molar-refractivity contribution in [1.82, 2.24) is 9.78 Å². The normalized spacial score (nSPS) is 10.8. The predicted octanol–water partition coefficient (Wildman–Crippen LogP) is 2.99. The Morgan fingerprint density at radius 3 is 2.75 bits per heavy atom. The number of nitrogens with zero attached hydrogens (tertiary/aromatic N) is 2. The summed E-state index contributed by atoms with van der Waals surface area (Å²) in [4.78, 5) is 0.374. The van der Waals surface area contributed by atoms with Crippen molar-refractivity contribution in [3.63, 3.8) is 0 Å². The molecule has 0 saturated heterocycles. The van der Waals surface area contributed by atoms with Gasteiger partial charge in [0, 0.05) is 17.8 Å². The molecule has 2 rings (SSSR count). The maximum Gasteiger partial charge on any atom is 0.132 e. The van der Waals surface area contributed by atoms with E-state index in [1.165, 1.54) is 0 Å². The number of ether oxygens (including phenoxy) is 1. The summed E-state index contributed by atoms with van der Waals surface area (Å²) in [6, 6.07) is 8.04. The number of aryl methyl sites for hydroxylation is 1. The highest BCUT2D eigenvalue weighted by molar-refractivity contribution is 7.80. The van der Waals surface area contributed by atoms with Gasteiger partial charge in [-0.05, 0) is 38.5 Å². The Hall–Kier alpha value is -1.88. The summed E-state index contributed by atoms with van der Waals surface area (Å²) in [6.45, 7) is 6.60. The molecule has 1 aromatic heterocycles. The van der Waals surface area contributed by atoms with Crippen LogP contribution in [0.2, 0.25) is 0 Å².